The molecule has 2 aromatic carbocycles. The van der Waals surface area contributed by atoms with E-state index in [1.165, 1.54) is 25.4 Å². The third kappa shape index (κ3) is 3.33. The molecule has 0 aliphatic rings. The van der Waals surface area contributed by atoms with Crippen molar-refractivity contribution in [3.05, 3.63) is 59.8 Å². The van der Waals surface area contributed by atoms with Gasteiger partial charge in [-0.15, -0.1) is 0 Å². The molecule has 25 heavy (non-hydrogen) atoms. The van der Waals surface area contributed by atoms with Crippen LogP contribution in [0, 0.1) is 11.3 Å². The molecule has 3 aromatic rings. The van der Waals surface area contributed by atoms with Gasteiger partial charge in [0.1, 0.15) is 11.8 Å². The average molecular weight is 343 g/mol. The molecular formula is C18H12F3N3O. The number of nitrogens with zero attached hydrogens (tertiary/aromatic N) is 2. The molecule has 1 N–H and O–H groups in total. The zero-order chi connectivity index (χ0) is 18.0. The Kier molecular flexibility index (Phi) is 4.19. The van der Waals surface area contributed by atoms with E-state index in [0.717, 1.165) is 12.1 Å². The molecule has 126 valence electrons. The molecule has 1 heterocycles. The zero-order valence-corrected chi connectivity index (χ0v) is 13.1. The monoisotopic (exact) mass is 343 g/mol. The molecule has 0 aliphatic carbocycles. The van der Waals surface area contributed by atoms with Gasteiger partial charge in [-0.2, -0.15) is 18.4 Å². The zero-order valence-electron chi connectivity index (χ0n) is 13.1. The summed E-state index contributed by atoms with van der Waals surface area (Å²) in [6, 6.07) is 11.8. The number of aromatic nitrogens is 1. The fraction of sp³-hybridized carbons (Fsp3) is 0.111. The Morgan fingerprint density at radius 2 is 1.84 bits per heavy atom. The molecule has 0 amide bonds. The second-order valence-corrected chi connectivity index (χ2v) is 5.24. The summed E-state index contributed by atoms with van der Waals surface area (Å²) in [5.41, 5.74) is 1.07. The van der Waals surface area contributed by atoms with Crippen molar-refractivity contribution in [2.24, 2.45) is 0 Å². The number of rotatable bonds is 3. The summed E-state index contributed by atoms with van der Waals surface area (Å²) in [4.78, 5) is 4.21. The molecule has 0 saturated heterocycles. The highest BCUT2D eigenvalue weighted by Gasteiger charge is 2.29. The Balaban J connectivity index is 2.06. The van der Waals surface area contributed by atoms with E-state index in [9.17, 15) is 18.4 Å². The molecule has 0 saturated carbocycles. The highest BCUT2D eigenvalue weighted by atomic mass is 19.4. The number of benzene rings is 2. The van der Waals surface area contributed by atoms with E-state index in [1.54, 1.807) is 18.2 Å². The first kappa shape index (κ1) is 16.6. The summed E-state index contributed by atoms with van der Waals surface area (Å²) in [5.74, 6) is 0.583. The number of nitriles is 1. The van der Waals surface area contributed by atoms with Crippen molar-refractivity contribution in [1.82, 2.24) is 4.98 Å². The van der Waals surface area contributed by atoms with Crippen molar-refractivity contribution in [2.75, 3.05) is 12.4 Å². The summed E-state index contributed by atoms with van der Waals surface area (Å²) >= 11 is 0. The van der Waals surface area contributed by atoms with E-state index >= 15 is 0 Å². The first-order valence-corrected chi connectivity index (χ1v) is 7.23. The number of hydrogen-bond acceptors (Lipinski definition) is 4. The fourth-order valence-corrected chi connectivity index (χ4v) is 2.40. The van der Waals surface area contributed by atoms with Gasteiger partial charge >= 0.3 is 6.18 Å². The predicted octanol–water partition coefficient (Wildman–Crippen LogP) is 4.88. The van der Waals surface area contributed by atoms with Gasteiger partial charge in [-0.05, 0) is 42.5 Å². The first-order chi connectivity index (χ1) is 11.9. The maximum absolute atomic E-state index is 12.7. The Labute approximate surface area is 141 Å². The summed E-state index contributed by atoms with van der Waals surface area (Å²) in [5, 5.41) is 13.0. The Morgan fingerprint density at radius 1 is 1.12 bits per heavy atom. The van der Waals surface area contributed by atoms with Crippen LogP contribution in [0.5, 0.6) is 5.75 Å². The minimum Gasteiger partial charge on any atom is -0.497 e. The van der Waals surface area contributed by atoms with Gasteiger partial charge in [-0.25, -0.2) is 0 Å². The lowest BCUT2D eigenvalue weighted by Crippen LogP contribution is -2.04. The number of nitrogens with one attached hydrogen (secondary N) is 1. The van der Waals surface area contributed by atoms with Crippen molar-refractivity contribution in [1.29, 1.82) is 5.26 Å². The van der Waals surface area contributed by atoms with Gasteiger partial charge in [0.25, 0.3) is 0 Å². The van der Waals surface area contributed by atoms with Crippen LogP contribution >= 0.6 is 0 Å². The van der Waals surface area contributed by atoms with E-state index in [2.05, 4.69) is 10.3 Å². The smallest absolute Gasteiger partial charge is 0.416 e. The number of halogens is 3. The van der Waals surface area contributed by atoms with Gasteiger partial charge < -0.3 is 10.1 Å². The van der Waals surface area contributed by atoms with E-state index < -0.39 is 11.7 Å². The van der Waals surface area contributed by atoms with Crippen LogP contribution in [0.1, 0.15) is 11.1 Å². The fourth-order valence-electron chi connectivity index (χ4n) is 2.40. The molecule has 3 rings (SSSR count). The van der Waals surface area contributed by atoms with Gasteiger partial charge in [-0.3, -0.25) is 4.98 Å². The molecule has 1 aromatic heterocycles. The lowest BCUT2D eigenvalue weighted by molar-refractivity contribution is -0.137. The van der Waals surface area contributed by atoms with Crippen LogP contribution in [0.25, 0.3) is 10.9 Å². The van der Waals surface area contributed by atoms with Gasteiger partial charge in [0, 0.05) is 17.3 Å². The van der Waals surface area contributed by atoms with Crippen molar-refractivity contribution in [3.63, 3.8) is 0 Å². The number of methoxy groups -OCH3 is 1. The second-order valence-electron chi connectivity index (χ2n) is 5.24. The summed E-state index contributed by atoms with van der Waals surface area (Å²) in [6.45, 7) is 0. The number of hydrogen-bond donors (Lipinski definition) is 1. The topological polar surface area (TPSA) is 57.9 Å². The molecule has 0 fully saturated rings. The molecule has 0 unspecified atom stereocenters. The number of fused-ring (bicyclic) bond motifs is 1. The minimum absolute atomic E-state index is 0.278. The maximum Gasteiger partial charge on any atom is 0.416 e. The molecular weight excluding hydrogens is 331 g/mol. The highest BCUT2D eigenvalue weighted by Crippen LogP contribution is 2.33. The van der Waals surface area contributed by atoms with Crippen molar-refractivity contribution in [2.45, 2.75) is 6.18 Å². The lowest BCUT2D eigenvalue weighted by Gasteiger charge is -2.13. The minimum atomic E-state index is -4.40. The summed E-state index contributed by atoms with van der Waals surface area (Å²) in [7, 11) is 1.52. The van der Waals surface area contributed by atoms with Gasteiger partial charge in [0.15, 0.2) is 0 Å². The number of ether oxygens (including phenoxy) is 1. The highest BCUT2D eigenvalue weighted by molar-refractivity contribution is 5.96. The van der Waals surface area contributed by atoms with Crippen molar-refractivity contribution in [3.8, 4) is 11.8 Å². The van der Waals surface area contributed by atoms with Crippen LogP contribution in [-0.2, 0) is 6.18 Å². The van der Waals surface area contributed by atoms with Gasteiger partial charge in [-0.1, -0.05) is 0 Å². The van der Waals surface area contributed by atoms with Crippen LogP contribution in [0.4, 0.5) is 24.5 Å². The normalized spacial score (nSPS) is 11.2. The summed E-state index contributed by atoms with van der Waals surface area (Å²) < 4.78 is 43.2. The second kappa shape index (κ2) is 6.32. The van der Waals surface area contributed by atoms with Crippen LogP contribution in [0.3, 0.4) is 0 Å². The lowest BCUT2D eigenvalue weighted by atomic mass is 10.1. The van der Waals surface area contributed by atoms with Crippen molar-refractivity contribution < 1.29 is 17.9 Å². The Bertz CT molecular complexity index is 960. The number of anilines is 2. The molecule has 0 bridgehead atoms. The van der Waals surface area contributed by atoms with Crippen LogP contribution in [-0.4, -0.2) is 12.1 Å². The van der Waals surface area contributed by atoms with E-state index in [-0.39, 0.29) is 5.56 Å². The molecule has 7 heteroatoms. The predicted molar refractivity (Wildman–Crippen MR) is 87.7 cm³/mol. The molecule has 0 aliphatic heterocycles. The largest absolute Gasteiger partial charge is 0.497 e. The number of pyridine rings is 1. The number of alkyl halides is 3. The first-order valence-electron chi connectivity index (χ1n) is 7.23. The molecule has 4 nitrogen and oxygen atoms in total. The molecule has 0 radical (unpaired) electrons. The van der Waals surface area contributed by atoms with Gasteiger partial charge in [0.05, 0.1) is 29.4 Å². The summed E-state index contributed by atoms with van der Waals surface area (Å²) in [6.07, 6.45) is -2.98. The average Bonchev–Trinajstić information content (AvgIpc) is 2.61. The van der Waals surface area contributed by atoms with E-state index in [1.807, 2.05) is 6.07 Å². The third-order valence-electron chi connectivity index (χ3n) is 3.68. The van der Waals surface area contributed by atoms with Crippen molar-refractivity contribution >= 4 is 22.3 Å². The quantitative estimate of drug-likeness (QED) is 0.736. The van der Waals surface area contributed by atoms with Crippen LogP contribution < -0.4 is 10.1 Å². The van der Waals surface area contributed by atoms with Crippen LogP contribution in [0.15, 0.2) is 48.7 Å². The van der Waals surface area contributed by atoms with E-state index in [4.69, 9.17) is 4.74 Å². The molecule has 0 atom stereocenters. The standard InChI is InChI=1S/C18H12F3N3O/c1-25-14-6-7-16-15(8-14)17(11(9-22)10-23-16)24-13-4-2-12(3-5-13)18(19,20)21/h2-8,10H,1H3,(H,23,24). The SMILES string of the molecule is COc1ccc2ncc(C#N)c(Nc3ccc(C(F)(F)F)cc3)c2c1. The maximum atomic E-state index is 12.7. The van der Waals surface area contributed by atoms with Gasteiger partial charge in [0.2, 0.25) is 0 Å². The Morgan fingerprint density at radius 3 is 2.44 bits per heavy atom. The third-order valence-corrected chi connectivity index (χ3v) is 3.68. The van der Waals surface area contributed by atoms with E-state index in [0.29, 0.717) is 28.0 Å². The Hall–Kier alpha value is -3.27. The molecule has 0 spiro atoms. The van der Waals surface area contributed by atoms with Crippen LogP contribution in [0.2, 0.25) is 0 Å².